The maximum Gasteiger partial charge on any atom is 0.495 e. The van der Waals surface area contributed by atoms with Crippen molar-refractivity contribution in [2.75, 3.05) is 25.6 Å². The molecule has 0 aliphatic carbocycles. The number of hydrogen-bond acceptors (Lipinski definition) is 8. The average molecular weight is 495 g/mol. The van der Waals surface area contributed by atoms with Gasteiger partial charge in [0.15, 0.2) is 5.82 Å². The van der Waals surface area contributed by atoms with Crippen LogP contribution in [0.15, 0.2) is 24.4 Å². The highest BCUT2D eigenvalue weighted by molar-refractivity contribution is 6.63. The first-order chi connectivity index (χ1) is 17.0. The lowest BCUT2D eigenvalue weighted by atomic mass is 9.75. The van der Waals surface area contributed by atoms with Gasteiger partial charge in [-0.25, -0.2) is 11.4 Å². The molecule has 2 aromatic rings. The van der Waals surface area contributed by atoms with Crippen LogP contribution in [0.2, 0.25) is 0 Å². The molecule has 3 heterocycles. The van der Waals surface area contributed by atoms with Crippen LogP contribution in [0.3, 0.4) is 0 Å². The molecule has 36 heavy (non-hydrogen) atoms. The van der Waals surface area contributed by atoms with E-state index in [0.717, 1.165) is 0 Å². The van der Waals surface area contributed by atoms with Gasteiger partial charge in [-0.15, -0.1) is 0 Å². The standard InChI is InChI=1S/C24H30BN5O6/c1-23(2)24(3,4)36-25(35-23)17-11-14(7-8-15(17)22(32)33-6)28-21-16(20(26)31)12-30(29-21)19-13-34-10-9-18(19)27-5/h7-8,11-12,18-19H,9-10,13H2,1-4,6H3,(H2,26,31)(H,28,29)/t18-,19?/m0/s1. The number of primary amides is 1. The number of carbonyl (C=O) groups excluding carboxylic acids is 2. The maximum absolute atomic E-state index is 12.5. The minimum atomic E-state index is -0.821. The molecule has 12 heteroatoms. The van der Waals surface area contributed by atoms with Crippen molar-refractivity contribution in [2.24, 2.45) is 5.73 Å². The van der Waals surface area contributed by atoms with E-state index in [0.29, 0.717) is 36.3 Å². The summed E-state index contributed by atoms with van der Waals surface area (Å²) >= 11 is 0. The Labute approximate surface area is 210 Å². The van der Waals surface area contributed by atoms with Gasteiger partial charge in [-0.1, -0.05) is 0 Å². The normalized spacial score (nSPS) is 22.6. The van der Waals surface area contributed by atoms with E-state index >= 15 is 0 Å². The molecule has 190 valence electrons. The van der Waals surface area contributed by atoms with Crippen LogP contribution < -0.4 is 16.5 Å². The second-order valence-corrected chi connectivity index (χ2v) is 9.87. The average Bonchev–Trinajstić information content (AvgIpc) is 3.35. The van der Waals surface area contributed by atoms with E-state index in [1.807, 2.05) is 27.7 Å². The molecule has 2 fully saturated rings. The van der Waals surface area contributed by atoms with Crippen LogP contribution in [-0.4, -0.2) is 66.3 Å². The van der Waals surface area contributed by atoms with Gasteiger partial charge in [0.05, 0.1) is 37.1 Å². The van der Waals surface area contributed by atoms with Crippen molar-refractivity contribution in [1.29, 1.82) is 0 Å². The third-order valence-electron chi connectivity index (χ3n) is 7.02. The summed E-state index contributed by atoms with van der Waals surface area (Å²) in [5, 5.41) is 7.64. The zero-order chi connectivity index (χ0) is 26.3. The molecule has 2 aliphatic rings. The molecular formula is C24H30BN5O6. The Kier molecular flexibility index (Phi) is 6.83. The van der Waals surface area contributed by atoms with Gasteiger partial charge in [-0.3, -0.25) is 9.48 Å². The minimum Gasteiger partial charge on any atom is -0.465 e. The van der Waals surface area contributed by atoms with E-state index in [-0.39, 0.29) is 23.5 Å². The molecule has 0 saturated carbocycles. The largest absolute Gasteiger partial charge is 0.495 e. The number of esters is 1. The van der Waals surface area contributed by atoms with Gasteiger partial charge in [-0.2, -0.15) is 5.10 Å². The summed E-state index contributed by atoms with van der Waals surface area (Å²) in [7, 11) is 0.484. The number of aromatic nitrogens is 2. The Balaban J connectivity index is 1.70. The lowest BCUT2D eigenvalue weighted by Crippen LogP contribution is -2.41. The molecule has 2 atom stereocenters. The first-order valence-electron chi connectivity index (χ1n) is 11.7. The van der Waals surface area contributed by atoms with Crippen LogP contribution in [0.5, 0.6) is 0 Å². The van der Waals surface area contributed by atoms with Crippen molar-refractivity contribution >= 4 is 36.0 Å². The summed E-state index contributed by atoms with van der Waals surface area (Å²) in [6.07, 6.45) is 2.11. The van der Waals surface area contributed by atoms with Crippen molar-refractivity contribution < 1.29 is 28.4 Å². The van der Waals surface area contributed by atoms with Gasteiger partial charge >= 0.3 is 13.1 Å². The van der Waals surface area contributed by atoms with E-state index in [2.05, 4.69) is 15.3 Å². The lowest BCUT2D eigenvalue weighted by Gasteiger charge is -2.32. The molecule has 2 aliphatic heterocycles. The highest BCUT2D eigenvalue weighted by atomic mass is 16.7. The van der Waals surface area contributed by atoms with Crippen LogP contribution in [0, 0.1) is 6.57 Å². The fourth-order valence-electron chi connectivity index (χ4n) is 4.19. The smallest absolute Gasteiger partial charge is 0.465 e. The number of carbonyl (C=O) groups is 2. The zero-order valence-electron chi connectivity index (χ0n) is 21.0. The first kappa shape index (κ1) is 25.7. The van der Waals surface area contributed by atoms with Crippen molar-refractivity contribution in [1.82, 2.24) is 9.78 Å². The zero-order valence-corrected chi connectivity index (χ0v) is 21.0. The van der Waals surface area contributed by atoms with Gasteiger partial charge in [0.2, 0.25) is 6.04 Å². The van der Waals surface area contributed by atoms with Crippen molar-refractivity contribution in [3.8, 4) is 0 Å². The Morgan fingerprint density at radius 2 is 1.94 bits per heavy atom. The number of benzene rings is 1. The number of anilines is 2. The quantitative estimate of drug-likeness (QED) is 0.354. The second-order valence-electron chi connectivity index (χ2n) is 9.87. The molecule has 11 nitrogen and oxygen atoms in total. The van der Waals surface area contributed by atoms with Crippen molar-refractivity contribution in [3.05, 3.63) is 46.9 Å². The Bertz CT molecular complexity index is 1200. The highest BCUT2D eigenvalue weighted by Crippen LogP contribution is 2.37. The van der Waals surface area contributed by atoms with Crippen molar-refractivity contribution in [3.63, 3.8) is 0 Å². The minimum absolute atomic E-state index is 0.165. The number of rotatable bonds is 6. The van der Waals surface area contributed by atoms with Crippen LogP contribution in [0.4, 0.5) is 11.5 Å². The van der Waals surface area contributed by atoms with E-state index in [1.165, 1.54) is 13.3 Å². The third kappa shape index (κ3) is 4.69. The fourth-order valence-corrected chi connectivity index (χ4v) is 4.19. The predicted octanol–water partition coefficient (Wildman–Crippen LogP) is 2.06. The van der Waals surface area contributed by atoms with Crippen LogP contribution in [0.25, 0.3) is 4.85 Å². The number of amides is 1. The van der Waals surface area contributed by atoms with Crippen LogP contribution >= 0.6 is 0 Å². The van der Waals surface area contributed by atoms with E-state index in [1.54, 1.807) is 22.9 Å². The van der Waals surface area contributed by atoms with Gasteiger partial charge in [0.1, 0.15) is 11.6 Å². The summed E-state index contributed by atoms with van der Waals surface area (Å²) in [5.74, 6) is -0.976. The maximum atomic E-state index is 12.5. The van der Waals surface area contributed by atoms with E-state index in [4.69, 9.17) is 31.1 Å². The number of nitrogens with zero attached hydrogens (tertiary/aromatic N) is 3. The highest BCUT2D eigenvalue weighted by Gasteiger charge is 2.52. The monoisotopic (exact) mass is 495 g/mol. The molecule has 1 amide bonds. The molecule has 0 bridgehead atoms. The Hall–Kier alpha value is -3.40. The molecule has 0 radical (unpaired) electrons. The van der Waals surface area contributed by atoms with E-state index < -0.39 is 30.2 Å². The van der Waals surface area contributed by atoms with Crippen molar-refractivity contribution in [2.45, 2.75) is 57.4 Å². The Morgan fingerprint density at radius 1 is 1.25 bits per heavy atom. The SMILES string of the molecule is [C-]#[N+][C@H]1CCOCC1n1cc(C(N)=O)c(Nc2ccc(C(=O)OC)c(B3OC(C)(C)C(C)(C)O3)c2)n1. The lowest BCUT2D eigenvalue weighted by molar-refractivity contribution is 0.00578. The number of nitrogens with two attached hydrogens (primary N) is 1. The van der Waals surface area contributed by atoms with Gasteiger partial charge in [0, 0.05) is 18.3 Å². The van der Waals surface area contributed by atoms with Crippen LogP contribution in [0.1, 0.15) is 60.9 Å². The van der Waals surface area contributed by atoms with Gasteiger partial charge < -0.3 is 34.7 Å². The molecular weight excluding hydrogens is 465 g/mol. The number of ether oxygens (including phenoxy) is 2. The third-order valence-corrected chi connectivity index (χ3v) is 7.02. The molecule has 0 spiro atoms. The van der Waals surface area contributed by atoms with Crippen LogP contribution in [-0.2, 0) is 18.8 Å². The molecule has 1 aromatic carbocycles. The number of methoxy groups -OCH3 is 1. The summed E-state index contributed by atoms with van der Waals surface area (Å²) in [6.45, 7) is 16.0. The molecule has 2 saturated heterocycles. The summed E-state index contributed by atoms with van der Waals surface area (Å²) in [5.41, 5.74) is 5.85. The van der Waals surface area contributed by atoms with Gasteiger partial charge in [-0.05, 0) is 51.4 Å². The summed E-state index contributed by atoms with van der Waals surface area (Å²) in [4.78, 5) is 28.4. The Morgan fingerprint density at radius 3 is 2.56 bits per heavy atom. The molecule has 4 rings (SSSR count). The predicted molar refractivity (Wildman–Crippen MR) is 132 cm³/mol. The molecule has 1 unspecified atom stereocenters. The summed E-state index contributed by atoms with van der Waals surface area (Å²) in [6, 6.07) is 4.30. The molecule has 3 N–H and O–H groups in total. The fraction of sp³-hybridized carbons (Fsp3) is 0.500. The second kappa shape index (κ2) is 9.57. The van der Waals surface area contributed by atoms with E-state index in [9.17, 15) is 9.59 Å². The summed E-state index contributed by atoms with van der Waals surface area (Å²) < 4.78 is 24.4. The number of nitrogens with one attached hydrogen (secondary N) is 1. The topological polar surface area (TPSA) is 131 Å². The van der Waals surface area contributed by atoms with Gasteiger partial charge in [0.25, 0.3) is 5.91 Å². The molecule has 1 aromatic heterocycles. The number of hydrogen-bond donors (Lipinski definition) is 2. The first-order valence-corrected chi connectivity index (χ1v) is 11.7.